The van der Waals surface area contributed by atoms with Crippen molar-refractivity contribution in [2.45, 2.75) is 170 Å². The molecule has 1 aromatic rings. The van der Waals surface area contributed by atoms with Gasteiger partial charge in [0.15, 0.2) is 0 Å². The van der Waals surface area contributed by atoms with Crippen LogP contribution < -0.4 is 16.4 Å². The number of phenols is 1. The molecule has 438 valence electrons. The van der Waals surface area contributed by atoms with Crippen LogP contribution in [0.4, 0.5) is 0 Å². The molecule has 7 N–H and O–H groups in total. The molecule has 26 nitrogen and oxygen atoms in total. The lowest BCUT2D eigenvalue weighted by atomic mass is 10.0. The normalized spacial score (nSPS) is 25.6. The smallest absolute Gasteiger partial charge is 0.326 e. The Labute approximate surface area is 464 Å². The summed E-state index contributed by atoms with van der Waals surface area (Å²) >= 11 is 0. The van der Waals surface area contributed by atoms with Crippen LogP contribution in [0.25, 0.3) is 0 Å². The van der Waals surface area contributed by atoms with Gasteiger partial charge in [-0.05, 0) is 121 Å². The third-order valence-electron chi connectivity index (χ3n) is 16.4. The monoisotopic (exact) mass is 1120 g/mol. The summed E-state index contributed by atoms with van der Waals surface area (Å²) in [7, 11) is 3.38. The predicted octanol–water partition coefficient (Wildman–Crippen LogP) is -1.55. The van der Waals surface area contributed by atoms with Crippen LogP contribution in [0, 0.1) is 0 Å². The summed E-state index contributed by atoms with van der Waals surface area (Å²) < 4.78 is 0. The van der Waals surface area contributed by atoms with Crippen LogP contribution in [0.5, 0.6) is 5.75 Å². The van der Waals surface area contributed by atoms with Crippen molar-refractivity contribution in [3.05, 3.63) is 29.8 Å². The number of hydrogen-bond donors (Lipinski definition) is 6. The molecule has 80 heavy (non-hydrogen) atoms. The quantitative estimate of drug-likeness (QED) is 0.0963. The van der Waals surface area contributed by atoms with E-state index in [4.69, 9.17) is 5.73 Å². The van der Waals surface area contributed by atoms with Gasteiger partial charge in [0.2, 0.25) is 59.6 Å². The average molecular weight is 1120 g/mol. The SMILES string of the molecule is CN(C)C=O.C[C@H](NC(=O)[C@@H]1CCCN1C(=O)[C@H](CC(=O)O)NC(=O)[C@@H](N)Cc1ccc(O)cc1)C(=O)N1CCC[C@H]1C(=O)N1CCC[C@H]1C(=O)N1CCC[C@H]1C(=O)N1CCC[C@H]1C(=O)N1CCC[C@H]1C(=O)N1CCC[C@H]1C(=O)O. The Kier molecular flexibility index (Phi) is 20.1. The Morgan fingerprint density at radius 2 is 0.887 bits per heavy atom. The van der Waals surface area contributed by atoms with Gasteiger partial charge in [0.1, 0.15) is 60.1 Å². The van der Waals surface area contributed by atoms with Crippen molar-refractivity contribution in [1.29, 1.82) is 0 Å². The number of aromatic hydroxyl groups is 1. The van der Waals surface area contributed by atoms with E-state index in [2.05, 4.69) is 10.6 Å². The molecule has 8 rings (SSSR count). The molecule has 0 saturated carbocycles. The van der Waals surface area contributed by atoms with Gasteiger partial charge in [0, 0.05) is 59.9 Å². The average Bonchev–Trinajstić information content (AvgIpc) is 4.33. The highest BCUT2D eigenvalue weighted by molar-refractivity contribution is 6.00. The molecule has 7 fully saturated rings. The number of rotatable bonds is 17. The van der Waals surface area contributed by atoms with Gasteiger partial charge in [-0.15, -0.1) is 0 Å². The predicted molar refractivity (Wildman–Crippen MR) is 282 cm³/mol. The zero-order valence-electron chi connectivity index (χ0n) is 45.8. The third-order valence-corrected chi connectivity index (χ3v) is 16.4. The maximum atomic E-state index is 14.5. The maximum absolute atomic E-state index is 14.5. The van der Waals surface area contributed by atoms with E-state index >= 15 is 0 Å². The summed E-state index contributed by atoms with van der Waals surface area (Å²) in [5.74, 6) is -7.22. The molecule has 0 aromatic heterocycles. The summed E-state index contributed by atoms with van der Waals surface area (Å²) in [5, 5.41) is 34.1. The van der Waals surface area contributed by atoms with Gasteiger partial charge in [0.05, 0.1) is 12.5 Å². The van der Waals surface area contributed by atoms with Gasteiger partial charge in [-0.2, -0.15) is 0 Å². The maximum Gasteiger partial charge on any atom is 0.326 e. The number of nitrogens with zero attached hydrogens (tertiary/aromatic N) is 8. The van der Waals surface area contributed by atoms with E-state index in [0.717, 1.165) is 6.41 Å². The second kappa shape index (κ2) is 26.7. The van der Waals surface area contributed by atoms with Crippen molar-refractivity contribution >= 4 is 71.5 Å². The summed E-state index contributed by atoms with van der Waals surface area (Å²) in [4.78, 5) is 171. The number of carbonyl (C=O) groups is 12. The highest BCUT2D eigenvalue weighted by Crippen LogP contribution is 2.33. The van der Waals surface area contributed by atoms with Gasteiger partial charge >= 0.3 is 11.9 Å². The van der Waals surface area contributed by atoms with E-state index in [-0.39, 0.29) is 69.0 Å². The summed E-state index contributed by atoms with van der Waals surface area (Å²) in [6.07, 6.45) is 5.86. The second-order valence-electron chi connectivity index (χ2n) is 22.1. The molecule has 0 spiro atoms. The number of amides is 10. The third kappa shape index (κ3) is 13.6. The minimum absolute atomic E-state index is 0.0159. The molecule has 0 unspecified atom stereocenters. The van der Waals surface area contributed by atoms with E-state index in [1.807, 2.05) is 0 Å². The topological polar surface area (TPSA) is 342 Å². The molecule has 10 amide bonds. The molecular weight excluding hydrogens is 1040 g/mol. The van der Waals surface area contributed by atoms with Crippen LogP contribution in [0.1, 0.15) is 109 Å². The molecule has 0 bridgehead atoms. The minimum atomic E-state index is -1.55. The standard InChI is InChI=1S/C51H70N10O14.C3H7NO/c1-29(53-43(66)34-9-2-20-55(34)45(68)33(28-41(63)64)54-42(65)32(52)27-30-16-18-31(62)19-17-30)44(67)56-21-3-10-35(56)46(69)57-22-4-11-36(57)47(70)58-23-5-12-37(58)48(71)59-24-6-13-38(59)49(72)60-25-7-14-39(60)50(73)61-26-8-15-40(61)51(74)75;1-4(2)3-5/h16-19,29,32-40,62H,2-15,20-28,52H2,1H3,(H,53,66)(H,54,65)(H,63,64)(H,74,75);3H,1-2H3/t29-,32-,33-,34-,35-,36-,37-,38-,39-,40-;/m0./s1. The molecule has 7 aliphatic heterocycles. The summed E-state index contributed by atoms with van der Waals surface area (Å²) in [6.45, 7) is 3.15. The largest absolute Gasteiger partial charge is 0.508 e. The van der Waals surface area contributed by atoms with Gasteiger partial charge in [0.25, 0.3) is 0 Å². The molecule has 1 aromatic carbocycles. The number of nitrogens with two attached hydrogens (primary N) is 1. The van der Waals surface area contributed by atoms with Gasteiger partial charge < -0.3 is 70.9 Å². The van der Waals surface area contributed by atoms with Gasteiger partial charge in [-0.25, -0.2) is 4.79 Å². The number of hydrogen-bond acceptors (Lipinski definition) is 14. The molecule has 7 aliphatic rings. The fourth-order valence-corrected chi connectivity index (χ4v) is 12.4. The zero-order chi connectivity index (χ0) is 58.1. The van der Waals surface area contributed by atoms with Gasteiger partial charge in [-0.1, -0.05) is 12.1 Å². The van der Waals surface area contributed by atoms with Crippen LogP contribution in [0.3, 0.4) is 0 Å². The Hall–Kier alpha value is -7.38. The lowest BCUT2D eigenvalue weighted by Gasteiger charge is -2.37. The van der Waals surface area contributed by atoms with Crippen LogP contribution in [-0.4, -0.2) is 246 Å². The van der Waals surface area contributed by atoms with Crippen molar-refractivity contribution in [1.82, 2.24) is 49.8 Å². The number of aliphatic carboxylic acids is 2. The number of phenolic OH excluding ortho intramolecular Hbond substituents is 1. The highest BCUT2D eigenvalue weighted by atomic mass is 16.4. The first-order valence-electron chi connectivity index (χ1n) is 28.0. The van der Waals surface area contributed by atoms with E-state index in [1.54, 1.807) is 26.2 Å². The fourth-order valence-electron chi connectivity index (χ4n) is 12.4. The number of likely N-dealkylation sites (tertiary alicyclic amines) is 7. The second-order valence-corrected chi connectivity index (χ2v) is 22.1. The first-order chi connectivity index (χ1) is 38.1. The van der Waals surface area contributed by atoms with Crippen LogP contribution >= 0.6 is 0 Å². The first kappa shape index (κ1) is 60.3. The summed E-state index contributed by atoms with van der Waals surface area (Å²) in [5.41, 5.74) is 6.72. The number of benzene rings is 1. The number of carboxylic acid groups (broad SMARTS) is 2. The fraction of sp³-hybridized carbons (Fsp3) is 0.667. The van der Waals surface area contributed by atoms with E-state index in [0.29, 0.717) is 102 Å². The van der Waals surface area contributed by atoms with Crippen LogP contribution in [0.2, 0.25) is 0 Å². The summed E-state index contributed by atoms with van der Waals surface area (Å²) in [6, 6.07) is -4.30. The molecule has 0 aliphatic carbocycles. The lowest BCUT2D eigenvalue weighted by Crippen LogP contribution is -2.59. The van der Waals surface area contributed by atoms with Crippen LogP contribution in [0.15, 0.2) is 24.3 Å². The minimum Gasteiger partial charge on any atom is -0.508 e. The van der Waals surface area contributed by atoms with Crippen molar-refractivity contribution in [2.24, 2.45) is 5.73 Å². The number of nitrogens with one attached hydrogen (secondary N) is 2. The van der Waals surface area contributed by atoms with Crippen molar-refractivity contribution in [2.75, 3.05) is 59.9 Å². The van der Waals surface area contributed by atoms with Gasteiger partial charge in [-0.3, -0.25) is 52.7 Å². The Morgan fingerprint density at radius 1 is 0.550 bits per heavy atom. The molecular formula is C54H77N11O15. The Morgan fingerprint density at radius 3 is 1.26 bits per heavy atom. The molecule has 10 atom stereocenters. The molecule has 7 heterocycles. The van der Waals surface area contributed by atoms with E-state index in [9.17, 15) is 72.9 Å². The highest BCUT2D eigenvalue weighted by Gasteiger charge is 2.50. The van der Waals surface area contributed by atoms with E-state index < -0.39 is 114 Å². The Bertz CT molecular complexity index is 2530. The van der Waals surface area contributed by atoms with Crippen molar-refractivity contribution in [3.8, 4) is 5.75 Å². The first-order valence-corrected chi connectivity index (χ1v) is 28.0. The zero-order valence-corrected chi connectivity index (χ0v) is 45.8. The van der Waals surface area contributed by atoms with Crippen molar-refractivity contribution in [3.63, 3.8) is 0 Å². The molecule has 7 saturated heterocycles. The van der Waals surface area contributed by atoms with Crippen LogP contribution in [-0.2, 0) is 64.0 Å². The van der Waals surface area contributed by atoms with Crippen molar-refractivity contribution < 1.29 is 72.9 Å². The lowest BCUT2D eigenvalue weighted by molar-refractivity contribution is -0.155. The van der Waals surface area contributed by atoms with E-state index in [1.165, 1.54) is 58.3 Å². The number of carbonyl (C=O) groups excluding carboxylic acids is 10. The Balaban J connectivity index is 0.00000177. The molecule has 26 heteroatoms. The molecule has 0 radical (unpaired) electrons. The number of carboxylic acids is 2.